The number of allylic oxidation sites excluding steroid dienone is 3. The van der Waals surface area contributed by atoms with E-state index in [9.17, 15) is 4.79 Å². The summed E-state index contributed by atoms with van der Waals surface area (Å²) < 4.78 is 0. The van der Waals surface area contributed by atoms with Crippen molar-refractivity contribution in [3.63, 3.8) is 0 Å². The van der Waals surface area contributed by atoms with E-state index in [1.54, 1.807) is 5.57 Å². The first-order valence-electron chi connectivity index (χ1n) is 14.0. The highest BCUT2D eigenvalue weighted by Crippen LogP contribution is 2.73. The van der Waals surface area contributed by atoms with Crippen LogP contribution in [0, 0.1) is 50.7 Å². The Hall–Kier alpha value is -0.850. The first kappa shape index (κ1) is 25.2. The molecule has 0 radical (unpaired) electrons. The van der Waals surface area contributed by atoms with Crippen molar-refractivity contribution in [2.45, 2.75) is 120 Å². The van der Waals surface area contributed by atoms with Crippen molar-refractivity contribution in [1.29, 1.82) is 0 Å². The molecule has 1 heteroatoms. The van der Waals surface area contributed by atoms with E-state index in [0.29, 0.717) is 33.9 Å². The highest BCUT2D eigenvalue weighted by molar-refractivity contribution is 5.85. The van der Waals surface area contributed by atoms with Crippen LogP contribution in [0.1, 0.15) is 120 Å². The lowest BCUT2D eigenvalue weighted by atomic mass is 9.41. The van der Waals surface area contributed by atoms with Gasteiger partial charge in [0.05, 0.1) is 0 Å². The van der Waals surface area contributed by atoms with Crippen molar-refractivity contribution in [2.24, 2.45) is 50.7 Å². The van der Waals surface area contributed by atoms with Crippen molar-refractivity contribution in [2.75, 3.05) is 0 Å². The zero-order chi connectivity index (χ0) is 24.6. The fourth-order valence-electron chi connectivity index (χ4n) is 9.44. The van der Waals surface area contributed by atoms with Gasteiger partial charge in [-0.25, -0.2) is 0 Å². The van der Waals surface area contributed by atoms with Crippen LogP contribution in [0.4, 0.5) is 0 Å². The molecule has 0 unspecified atom stereocenters. The molecule has 3 fully saturated rings. The minimum atomic E-state index is -0.168. The molecule has 0 aromatic carbocycles. The second-order valence-corrected chi connectivity index (χ2v) is 15.0. The number of hydrogen-bond acceptors (Lipinski definition) is 1. The van der Waals surface area contributed by atoms with E-state index in [1.807, 2.05) is 0 Å². The summed E-state index contributed by atoms with van der Waals surface area (Å²) in [6.45, 7) is 26.2. The molecule has 33 heavy (non-hydrogen) atoms. The van der Waals surface area contributed by atoms with Gasteiger partial charge in [-0.2, -0.15) is 0 Å². The fraction of sp³-hybridized carbons (Fsp3) is 0.844. The van der Waals surface area contributed by atoms with Gasteiger partial charge in [0.1, 0.15) is 5.78 Å². The fourth-order valence-corrected chi connectivity index (χ4v) is 9.44. The van der Waals surface area contributed by atoms with E-state index >= 15 is 0 Å². The molecule has 0 bridgehead atoms. The second-order valence-electron chi connectivity index (χ2n) is 15.0. The molecule has 4 aliphatic carbocycles. The highest BCUT2D eigenvalue weighted by atomic mass is 16.1. The van der Waals surface area contributed by atoms with E-state index in [-0.39, 0.29) is 10.8 Å². The molecule has 3 saturated carbocycles. The minimum absolute atomic E-state index is 0.168. The Bertz CT molecular complexity index is 852. The Kier molecular flexibility index (Phi) is 5.99. The third kappa shape index (κ3) is 3.57. The molecule has 0 amide bonds. The van der Waals surface area contributed by atoms with Gasteiger partial charge in [0.15, 0.2) is 0 Å². The first-order chi connectivity index (χ1) is 15.1. The number of rotatable bonds is 4. The number of ketones is 1. The first-order valence-corrected chi connectivity index (χ1v) is 14.0. The summed E-state index contributed by atoms with van der Waals surface area (Å²) in [6.07, 6.45) is 13.5. The van der Waals surface area contributed by atoms with E-state index in [0.717, 1.165) is 31.1 Å². The van der Waals surface area contributed by atoms with Crippen LogP contribution in [-0.2, 0) is 4.79 Å². The zero-order valence-corrected chi connectivity index (χ0v) is 23.4. The maximum atomic E-state index is 12.8. The molecule has 0 saturated heterocycles. The van der Waals surface area contributed by atoms with E-state index in [1.165, 1.54) is 44.1 Å². The predicted molar refractivity (Wildman–Crippen MR) is 141 cm³/mol. The van der Waals surface area contributed by atoms with Gasteiger partial charge in [0.2, 0.25) is 0 Å². The van der Waals surface area contributed by atoms with Gasteiger partial charge in [-0.05, 0) is 96.7 Å². The summed E-state index contributed by atoms with van der Waals surface area (Å²) >= 11 is 0. The van der Waals surface area contributed by atoms with Crippen molar-refractivity contribution in [3.8, 4) is 0 Å². The number of hydrogen-bond donors (Lipinski definition) is 0. The average molecular weight is 453 g/mol. The van der Waals surface area contributed by atoms with Crippen LogP contribution in [0.15, 0.2) is 23.8 Å². The molecule has 0 spiro atoms. The van der Waals surface area contributed by atoms with Gasteiger partial charge in [-0.3, -0.25) is 4.79 Å². The summed E-state index contributed by atoms with van der Waals surface area (Å²) in [5.41, 5.74) is 4.29. The molecule has 0 heterocycles. The third-order valence-corrected chi connectivity index (χ3v) is 12.3. The molecule has 0 aliphatic heterocycles. The Morgan fingerprint density at radius 2 is 1.76 bits per heavy atom. The molecule has 1 nitrogen and oxygen atoms in total. The SMILES string of the molecule is C=C(CC[C@H](C)[C@@H]1CC[C@]2(C)C3=CC[C@H]4C(C)(C)C(=O)CC[C@]4(C)[C@H]3CC[C@]12C)C(C)(C)C. The largest absolute Gasteiger partial charge is 0.299 e. The predicted octanol–water partition coefficient (Wildman–Crippen LogP) is 9.18. The molecular weight excluding hydrogens is 400 g/mol. The van der Waals surface area contributed by atoms with Gasteiger partial charge in [0.25, 0.3) is 0 Å². The van der Waals surface area contributed by atoms with Crippen molar-refractivity contribution < 1.29 is 4.79 Å². The number of carbonyl (C=O) groups is 1. The highest BCUT2D eigenvalue weighted by Gasteiger charge is 2.65. The zero-order valence-electron chi connectivity index (χ0n) is 23.4. The second kappa shape index (κ2) is 7.83. The van der Waals surface area contributed by atoms with Crippen molar-refractivity contribution in [1.82, 2.24) is 0 Å². The smallest absolute Gasteiger partial charge is 0.138 e. The van der Waals surface area contributed by atoms with Gasteiger partial charge in [0, 0.05) is 11.8 Å². The van der Waals surface area contributed by atoms with Crippen LogP contribution in [0.2, 0.25) is 0 Å². The number of fused-ring (bicyclic) bond motifs is 5. The van der Waals surface area contributed by atoms with Gasteiger partial charge in [-0.1, -0.05) is 86.1 Å². The molecule has 0 aromatic rings. The summed E-state index contributed by atoms with van der Waals surface area (Å²) in [5.74, 6) is 3.25. The summed E-state index contributed by atoms with van der Waals surface area (Å²) in [4.78, 5) is 12.8. The van der Waals surface area contributed by atoms with Crippen molar-refractivity contribution in [3.05, 3.63) is 23.8 Å². The molecule has 0 N–H and O–H groups in total. The molecule has 0 aromatic heterocycles. The normalized spacial score (nSPS) is 43.2. The Morgan fingerprint density at radius 3 is 2.39 bits per heavy atom. The maximum Gasteiger partial charge on any atom is 0.138 e. The van der Waals surface area contributed by atoms with Gasteiger partial charge >= 0.3 is 0 Å². The van der Waals surface area contributed by atoms with Crippen LogP contribution in [0.3, 0.4) is 0 Å². The topological polar surface area (TPSA) is 17.1 Å². The lowest BCUT2D eigenvalue weighted by Gasteiger charge is -2.63. The summed E-state index contributed by atoms with van der Waals surface area (Å²) in [6, 6.07) is 0. The molecule has 4 aliphatic rings. The van der Waals surface area contributed by atoms with E-state index in [2.05, 4.69) is 75.0 Å². The molecule has 4 rings (SSSR count). The van der Waals surface area contributed by atoms with Crippen LogP contribution in [-0.4, -0.2) is 5.78 Å². The monoisotopic (exact) mass is 452 g/mol. The summed E-state index contributed by atoms with van der Waals surface area (Å²) in [5, 5.41) is 0. The van der Waals surface area contributed by atoms with E-state index in [4.69, 9.17) is 0 Å². The Morgan fingerprint density at radius 1 is 1.09 bits per heavy atom. The van der Waals surface area contributed by atoms with Gasteiger partial charge in [-0.15, -0.1) is 0 Å². The Labute approximate surface area is 205 Å². The lowest BCUT2D eigenvalue weighted by Crippen LogP contribution is -2.57. The van der Waals surface area contributed by atoms with Crippen molar-refractivity contribution >= 4 is 5.78 Å². The summed E-state index contributed by atoms with van der Waals surface area (Å²) in [7, 11) is 0. The maximum absolute atomic E-state index is 12.8. The molecule has 186 valence electrons. The van der Waals surface area contributed by atoms with Crippen LogP contribution in [0.25, 0.3) is 0 Å². The van der Waals surface area contributed by atoms with Gasteiger partial charge < -0.3 is 0 Å². The number of Topliss-reactive ketones (excluding diaryl/α,β-unsaturated/α-hetero) is 1. The number of carbonyl (C=O) groups excluding carboxylic acids is 1. The Balaban J connectivity index is 1.59. The average Bonchev–Trinajstić information content (AvgIpc) is 3.00. The quantitative estimate of drug-likeness (QED) is 0.388. The van der Waals surface area contributed by atoms with Crippen LogP contribution < -0.4 is 0 Å². The van der Waals surface area contributed by atoms with E-state index < -0.39 is 0 Å². The molecular formula is C32H52O. The lowest BCUT2D eigenvalue weighted by molar-refractivity contribution is -0.146. The van der Waals surface area contributed by atoms with Crippen LogP contribution >= 0.6 is 0 Å². The minimum Gasteiger partial charge on any atom is -0.299 e. The molecule has 7 atom stereocenters. The third-order valence-electron chi connectivity index (χ3n) is 12.3. The van der Waals surface area contributed by atoms with Crippen LogP contribution in [0.5, 0.6) is 0 Å². The standard InChI is InChI=1S/C32H52O/c1-21(11-12-22(2)28(3,4)5)23-15-19-32(10)25-13-14-26-29(6,7)27(33)17-18-30(26,8)24(25)16-20-31(23,32)9/h13,21,23-24,26H,2,11-12,14-20H2,1,3-10H3/t21-,23-,24-,26-,30+,31+,32+/m0/s1.